The lowest BCUT2D eigenvalue weighted by Crippen LogP contribution is -2.23. The molecule has 0 atom stereocenters. The van der Waals surface area contributed by atoms with Gasteiger partial charge in [-0.05, 0) is 35.9 Å². The number of carbonyl (C=O) groups excluding carboxylic acids is 2. The van der Waals surface area contributed by atoms with Crippen LogP contribution in [-0.2, 0) is 17.9 Å². The van der Waals surface area contributed by atoms with Crippen molar-refractivity contribution in [3.63, 3.8) is 0 Å². The summed E-state index contributed by atoms with van der Waals surface area (Å²) in [6, 6.07) is 10.4. The van der Waals surface area contributed by atoms with Crippen LogP contribution in [0.4, 0.5) is 5.69 Å². The SMILES string of the molecule is O=C(CCn1ccnc1)Nc1cccc(C(=O)NCc2cc(Cl)c3c(c2)OCCCO3)c1. The van der Waals surface area contributed by atoms with Crippen LogP contribution in [0.25, 0.3) is 0 Å². The highest BCUT2D eigenvalue weighted by atomic mass is 35.5. The summed E-state index contributed by atoms with van der Waals surface area (Å²) in [5.74, 6) is 0.719. The molecule has 8 nitrogen and oxygen atoms in total. The van der Waals surface area contributed by atoms with Gasteiger partial charge in [-0.3, -0.25) is 9.59 Å². The second-order valence-electron chi connectivity index (χ2n) is 7.32. The standard InChI is InChI=1S/C23H23ClN4O4/c24-19-11-16(12-20-22(19)32-10-2-9-31-20)14-26-23(30)17-3-1-4-18(13-17)27-21(29)5-7-28-8-6-25-15-28/h1,3-4,6,8,11-13,15H,2,5,7,9-10,14H2,(H,26,30)(H,27,29). The maximum atomic E-state index is 12.6. The van der Waals surface area contributed by atoms with E-state index in [0.29, 0.717) is 54.0 Å². The van der Waals surface area contributed by atoms with Gasteiger partial charge in [-0.1, -0.05) is 17.7 Å². The molecule has 0 fully saturated rings. The second kappa shape index (κ2) is 10.2. The summed E-state index contributed by atoms with van der Waals surface area (Å²) in [5, 5.41) is 6.15. The zero-order valence-electron chi connectivity index (χ0n) is 17.3. The maximum absolute atomic E-state index is 12.6. The van der Waals surface area contributed by atoms with Gasteiger partial charge in [0.2, 0.25) is 5.91 Å². The second-order valence-corrected chi connectivity index (χ2v) is 7.72. The number of halogens is 1. The number of hydrogen-bond donors (Lipinski definition) is 2. The number of rotatable bonds is 7. The van der Waals surface area contributed by atoms with E-state index in [9.17, 15) is 9.59 Å². The molecule has 2 N–H and O–H groups in total. The number of benzene rings is 2. The Kier molecular flexibility index (Phi) is 6.91. The maximum Gasteiger partial charge on any atom is 0.251 e. The number of carbonyl (C=O) groups is 2. The Morgan fingerprint density at radius 2 is 2.03 bits per heavy atom. The Bertz CT molecular complexity index is 1100. The summed E-state index contributed by atoms with van der Waals surface area (Å²) < 4.78 is 13.1. The van der Waals surface area contributed by atoms with Crippen LogP contribution >= 0.6 is 11.6 Å². The van der Waals surface area contributed by atoms with Crippen molar-refractivity contribution in [1.82, 2.24) is 14.9 Å². The molecule has 0 spiro atoms. The van der Waals surface area contributed by atoms with Gasteiger partial charge in [0, 0.05) is 49.6 Å². The molecule has 4 rings (SSSR count). The van der Waals surface area contributed by atoms with Gasteiger partial charge in [0.15, 0.2) is 11.5 Å². The quantitative estimate of drug-likeness (QED) is 0.568. The number of nitrogens with one attached hydrogen (secondary N) is 2. The van der Waals surface area contributed by atoms with Gasteiger partial charge >= 0.3 is 0 Å². The highest BCUT2D eigenvalue weighted by molar-refractivity contribution is 6.32. The van der Waals surface area contributed by atoms with Crippen LogP contribution in [0.2, 0.25) is 5.02 Å². The van der Waals surface area contributed by atoms with Gasteiger partial charge in [-0.25, -0.2) is 4.98 Å². The number of amides is 2. The van der Waals surface area contributed by atoms with E-state index in [0.717, 1.165) is 12.0 Å². The van der Waals surface area contributed by atoms with Gasteiger partial charge in [0.25, 0.3) is 5.91 Å². The van der Waals surface area contributed by atoms with E-state index in [-0.39, 0.29) is 18.4 Å². The first-order valence-corrected chi connectivity index (χ1v) is 10.7. The number of nitrogens with zero attached hydrogens (tertiary/aromatic N) is 2. The molecular weight excluding hydrogens is 432 g/mol. The lowest BCUT2D eigenvalue weighted by Gasteiger charge is -2.12. The number of hydrogen-bond acceptors (Lipinski definition) is 5. The summed E-state index contributed by atoms with van der Waals surface area (Å²) >= 11 is 6.32. The van der Waals surface area contributed by atoms with Crippen LogP contribution in [0.1, 0.15) is 28.8 Å². The van der Waals surface area contributed by atoms with Gasteiger partial charge in [0.05, 0.1) is 24.6 Å². The van der Waals surface area contributed by atoms with Crippen LogP contribution < -0.4 is 20.1 Å². The summed E-state index contributed by atoms with van der Waals surface area (Å²) in [6.07, 6.45) is 6.22. The van der Waals surface area contributed by atoms with Gasteiger partial charge in [0.1, 0.15) is 0 Å². The Labute approximate surface area is 190 Å². The van der Waals surface area contributed by atoms with Crippen molar-refractivity contribution in [2.24, 2.45) is 0 Å². The van der Waals surface area contributed by atoms with Crippen LogP contribution in [0.3, 0.4) is 0 Å². The van der Waals surface area contributed by atoms with Crippen molar-refractivity contribution in [3.05, 3.63) is 71.3 Å². The lowest BCUT2D eigenvalue weighted by molar-refractivity contribution is -0.116. The molecular formula is C23H23ClN4O4. The molecule has 2 heterocycles. The summed E-state index contributed by atoms with van der Waals surface area (Å²) in [6.45, 7) is 1.92. The highest BCUT2D eigenvalue weighted by Gasteiger charge is 2.16. The molecule has 0 aliphatic carbocycles. The molecule has 0 saturated carbocycles. The van der Waals surface area contributed by atoms with Crippen molar-refractivity contribution in [2.45, 2.75) is 25.9 Å². The first kappa shape index (κ1) is 21.7. The highest BCUT2D eigenvalue weighted by Crippen LogP contribution is 2.37. The monoisotopic (exact) mass is 454 g/mol. The molecule has 1 aromatic heterocycles. The molecule has 3 aromatic rings. The predicted molar refractivity (Wildman–Crippen MR) is 120 cm³/mol. The largest absolute Gasteiger partial charge is 0.489 e. The third-order valence-electron chi connectivity index (χ3n) is 4.88. The average molecular weight is 455 g/mol. The number of anilines is 1. The minimum absolute atomic E-state index is 0.141. The predicted octanol–water partition coefficient (Wildman–Crippen LogP) is 3.66. The Hall–Kier alpha value is -3.52. The van der Waals surface area contributed by atoms with Gasteiger partial charge in [-0.15, -0.1) is 0 Å². The lowest BCUT2D eigenvalue weighted by atomic mass is 10.1. The van der Waals surface area contributed by atoms with Gasteiger partial charge < -0.3 is 24.7 Å². The number of aromatic nitrogens is 2. The minimum atomic E-state index is -0.261. The van der Waals surface area contributed by atoms with Gasteiger partial charge in [-0.2, -0.15) is 0 Å². The van der Waals surface area contributed by atoms with Crippen LogP contribution in [0.5, 0.6) is 11.5 Å². The zero-order chi connectivity index (χ0) is 22.3. The van der Waals surface area contributed by atoms with Crippen LogP contribution in [0, 0.1) is 0 Å². The average Bonchev–Trinajstić information content (AvgIpc) is 3.20. The first-order valence-electron chi connectivity index (χ1n) is 10.3. The van der Waals surface area contributed by atoms with E-state index < -0.39 is 0 Å². The minimum Gasteiger partial charge on any atom is -0.489 e. The molecule has 0 saturated heterocycles. The summed E-state index contributed by atoms with van der Waals surface area (Å²) in [5.41, 5.74) is 1.81. The molecule has 32 heavy (non-hydrogen) atoms. The molecule has 0 unspecified atom stereocenters. The smallest absolute Gasteiger partial charge is 0.251 e. The molecule has 9 heteroatoms. The van der Waals surface area contributed by atoms with Crippen LogP contribution in [-0.4, -0.2) is 34.6 Å². The molecule has 2 amide bonds. The Balaban J connectivity index is 1.34. The first-order chi connectivity index (χ1) is 15.6. The number of aryl methyl sites for hydroxylation is 1. The summed E-state index contributed by atoms with van der Waals surface area (Å²) in [7, 11) is 0. The molecule has 2 aromatic carbocycles. The number of fused-ring (bicyclic) bond motifs is 1. The number of ether oxygens (including phenoxy) is 2. The van der Waals surface area contributed by atoms with E-state index in [2.05, 4.69) is 15.6 Å². The third kappa shape index (κ3) is 5.59. The summed E-state index contributed by atoms with van der Waals surface area (Å²) in [4.78, 5) is 28.8. The fraction of sp³-hybridized carbons (Fsp3) is 0.261. The fourth-order valence-corrected chi connectivity index (χ4v) is 3.57. The van der Waals surface area contributed by atoms with E-state index in [1.165, 1.54) is 0 Å². The number of imidazole rings is 1. The molecule has 0 radical (unpaired) electrons. The van der Waals surface area contributed by atoms with Crippen molar-refractivity contribution in [3.8, 4) is 11.5 Å². The van der Waals surface area contributed by atoms with Crippen molar-refractivity contribution >= 4 is 29.1 Å². The Morgan fingerprint density at radius 3 is 2.88 bits per heavy atom. The normalized spacial score (nSPS) is 12.7. The van der Waals surface area contributed by atoms with Crippen molar-refractivity contribution in [1.29, 1.82) is 0 Å². The topological polar surface area (TPSA) is 94.5 Å². The molecule has 166 valence electrons. The molecule has 1 aliphatic heterocycles. The van der Waals surface area contributed by atoms with Crippen LogP contribution in [0.15, 0.2) is 55.1 Å². The van der Waals surface area contributed by atoms with Crippen molar-refractivity contribution < 1.29 is 19.1 Å². The van der Waals surface area contributed by atoms with E-state index in [4.69, 9.17) is 21.1 Å². The van der Waals surface area contributed by atoms with Crippen molar-refractivity contribution in [2.75, 3.05) is 18.5 Å². The molecule has 1 aliphatic rings. The fourth-order valence-electron chi connectivity index (χ4n) is 3.28. The third-order valence-corrected chi connectivity index (χ3v) is 5.16. The Morgan fingerprint density at radius 1 is 1.16 bits per heavy atom. The van der Waals surface area contributed by atoms with E-state index in [1.807, 2.05) is 10.6 Å². The zero-order valence-corrected chi connectivity index (χ0v) is 18.1. The van der Waals surface area contributed by atoms with E-state index >= 15 is 0 Å². The molecule has 0 bridgehead atoms. The van der Waals surface area contributed by atoms with E-state index in [1.54, 1.807) is 49.1 Å².